The molecule has 1 heterocycles. The molecule has 0 spiro atoms. The second-order valence-corrected chi connectivity index (χ2v) is 7.40. The molecule has 7 heteroatoms. The number of piperazine rings is 1. The summed E-state index contributed by atoms with van der Waals surface area (Å²) in [7, 11) is 3.14. The van der Waals surface area contributed by atoms with E-state index in [-0.39, 0.29) is 18.2 Å². The first kappa shape index (κ1) is 21.6. The van der Waals surface area contributed by atoms with Gasteiger partial charge in [0.2, 0.25) is 11.8 Å². The molecule has 30 heavy (non-hydrogen) atoms. The van der Waals surface area contributed by atoms with E-state index in [2.05, 4.69) is 39.8 Å². The van der Waals surface area contributed by atoms with Crippen molar-refractivity contribution in [3.05, 3.63) is 59.2 Å². The van der Waals surface area contributed by atoms with Crippen LogP contribution in [0.3, 0.4) is 0 Å². The van der Waals surface area contributed by atoms with Crippen LogP contribution >= 0.6 is 0 Å². The maximum atomic E-state index is 12.6. The van der Waals surface area contributed by atoms with E-state index in [9.17, 15) is 9.59 Å². The Morgan fingerprint density at radius 1 is 1.17 bits per heavy atom. The van der Waals surface area contributed by atoms with E-state index in [1.807, 2.05) is 19.1 Å². The van der Waals surface area contributed by atoms with E-state index < -0.39 is 6.04 Å². The maximum absolute atomic E-state index is 12.6. The van der Waals surface area contributed by atoms with Gasteiger partial charge in [-0.15, -0.1) is 0 Å². The molecular weight excluding hydrogens is 382 g/mol. The number of methoxy groups -OCH3 is 2. The van der Waals surface area contributed by atoms with Crippen molar-refractivity contribution in [3.63, 3.8) is 0 Å². The van der Waals surface area contributed by atoms with Gasteiger partial charge in [-0.2, -0.15) is 0 Å². The highest BCUT2D eigenvalue weighted by Crippen LogP contribution is 2.30. The number of nitrogens with one attached hydrogen (secondary N) is 2. The summed E-state index contributed by atoms with van der Waals surface area (Å²) in [5.41, 5.74) is 3.13. The lowest BCUT2D eigenvalue weighted by atomic mass is 10.1. The zero-order valence-electron chi connectivity index (χ0n) is 17.7. The number of carbonyl (C=O) groups excluding carboxylic acids is 2. The average Bonchev–Trinajstić information content (AvgIpc) is 2.75. The molecule has 1 fully saturated rings. The molecule has 2 aromatic carbocycles. The van der Waals surface area contributed by atoms with Crippen LogP contribution < -0.4 is 20.1 Å². The summed E-state index contributed by atoms with van der Waals surface area (Å²) in [5, 5.41) is 5.78. The molecule has 0 radical (unpaired) electrons. The van der Waals surface area contributed by atoms with Crippen LogP contribution in [0.1, 0.15) is 23.1 Å². The van der Waals surface area contributed by atoms with Crippen molar-refractivity contribution in [2.45, 2.75) is 32.5 Å². The van der Waals surface area contributed by atoms with Gasteiger partial charge >= 0.3 is 0 Å². The van der Waals surface area contributed by atoms with Crippen LogP contribution in [0.2, 0.25) is 0 Å². The third kappa shape index (κ3) is 5.30. The lowest BCUT2D eigenvalue weighted by Crippen LogP contribution is -2.56. The molecule has 1 aliphatic rings. The number of amides is 2. The predicted octanol–water partition coefficient (Wildman–Crippen LogP) is 2.02. The van der Waals surface area contributed by atoms with Gasteiger partial charge in [-0.3, -0.25) is 14.5 Å². The minimum Gasteiger partial charge on any atom is -0.493 e. The van der Waals surface area contributed by atoms with Gasteiger partial charge < -0.3 is 20.1 Å². The van der Waals surface area contributed by atoms with Crippen molar-refractivity contribution in [2.24, 2.45) is 0 Å². The van der Waals surface area contributed by atoms with Crippen LogP contribution in [0.4, 0.5) is 0 Å². The fourth-order valence-corrected chi connectivity index (χ4v) is 3.64. The highest BCUT2D eigenvalue weighted by molar-refractivity contribution is 5.88. The summed E-state index contributed by atoms with van der Waals surface area (Å²) >= 11 is 0. The number of hydrogen-bond acceptors (Lipinski definition) is 5. The molecule has 3 rings (SSSR count). The van der Waals surface area contributed by atoms with Gasteiger partial charge in [0.15, 0.2) is 11.5 Å². The maximum Gasteiger partial charge on any atom is 0.237 e. The molecule has 1 unspecified atom stereocenters. The van der Waals surface area contributed by atoms with Gasteiger partial charge in [-0.25, -0.2) is 0 Å². The molecule has 0 aromatic heterocycles. The third-order valence-electron chi connectivity index (χ3n) is 5.29. The molecule has 1 atom stereocenters. The topological polar surface area (TPSA) is 79.9 Å². The first-order valence-corrected chi connectivity index (χ1v) is 10.1. The molecule has 1 saturated heterocycles. The Labute approximate surface area is 177 Å². The van der Waals surface area contributed by atoms with Crippen LogP contribution in [0.5, 0.6) is 11.5 Å². The lowest BCUT2D eigenvalue weighted by molar-refractivity contribution is -0.134. The second-order valence-electron chi connectivity index (χ2n) is 7.40. The molecule has 2 aromatic rings. The first-order chi connectivity index (χ1) is 14.5. The van der Waals surface area contributed by atoms with Crippen molar-refractivity contribution >= 4 is 11.8 Å². The number of nitrogens with zero attached hydrogens (tertiary/aromatic N) is 1. The van der Waals surface area contributed by atoms with E-state index >= 15 is 0 Å². The average molecular weight is 412 g/mol. The summed E-state index contributed by atoms with van der Waals surface area (Å²) in [6.07, 6.45) is 0.101. The highest BCUT2D eigenvalue weighted by Gasteiger charge is 2.31. The van der Waals surface area contributed by atoms with Crippen molar-refractivity contribution in [3.8, 4) is 11.5 Å². The van der Waals surface area contributed by atoms with Crippen molar-refractivity contribution in [1.82, 2.24) is 15.5 Å². The second kappa shape index (κ2) is 10.1. The SMILES string of the molecule is COc1cccc(CNC(=O)CC2C(=O)NCCN2Cc2ccc(C)cc2)c1OC. The number of rotatable bonds is 8. The number of benzene rings is 2. The summed E-state index contributed by atoms with van der Waals surface area (Å²) in [6, 6.07) is 13.3. The third-order valence-corrected chi connectivity index (χ3v) is 5.29. The van der Waals surface area contributed by atoms with Gasteiger partial charge in [0.25, 0.3) is 0 Å². The zero-order valence-corrected chi connectivity index (χ0v) is 17.7. The van der Waals surface area contributed by atoms with Gasteiger partial charge in [-0.05, 0) is 18.6 Å². The highest BCUT2D eigenvalue weighted by atomic mass is 16.5. The Hall–Kier alpha value is -3.06. The molecule has 0 aliphatic carbocycles. The zero-order chi connectivity index (χ0) is 21.5. The van der Waals surface area contributed by atoms with E-state index in [0.29, 0.717) is 37.7 Å². The molecule has 0 bridgehead atoms. The molecule has 7 nitrogen and oxygen atoms in total. The van der Waals surface area contributed by atoms with Crippen molar-refractivity contribution in [1.29, 1.82) is 0 Å². The van der Waals surface area contributed by atoms with Crippen LogP contribution in [0, 0.1) is 6.92 Å². The molecule has 160 valence electrons. The summed E-state index contributed by atoms with van der Waals surface area (Å²) in [4.78, 5) is 27.2. The van der Waals surface area contributed by atoms with E-state index in [1.165, 1.54) is 5.56 Å². The van der Waals surface area contributed by atoms with E-state index in [0.717, 1.165) is 11.1 Å². The van der Waals surface area contributed by atoms with Gasteiger partial charge in [0, 0.05) is 31.7 Å². The van der Waals surface area contributed by atoms with Gasteiger partial charge in [0.05, 0.1) is 26.7 Å². The monoisotopic (exact) mass is 411 g/mol. The standard InChI is InChI=1S/C23H29N3O4/c1-16-7-9-17(10-8-16)15-26-12-11-24-23(28)19(26)13-21(27)25-14-18-5-4-6-20(29-2)22(18)30-3/h4-10,19H,11-15H2,1-3H3,(H,24,28)(H,25,27). The molecule has 1 aliphatic heterocycles. The van der Waals surface area contributed by atoms with Gasteiger partial charge in [0.1, 0.15) is 0 Å². The first-order valence-electron chi connectivity index (χ1n) is 10.1. The minimum atomic E-state index is -0.493. The van der Waals surface area contributed by atoms with Crippen LogP contribution in [0.25, 0.3) is 0 Å². The fraction of sp³-hybridized carbons (Fsp3) is 0.391. The summed E-state index contributed by atoms with van der Waals surface area (Å²) in [6.45, 7) is 4.27. The minimum absolute atomic E-state index is 0.101. The Kier molecular flexibility index (Phi) is 7.30. The van der Waals surface area contributed by atoms with Crippen LogP contribution in [-0.2, 0) is 22.7 Å². The summed E-state index contributed by atoms with van der Waals surface area (Å²) < 4.78 is 10.7. The van der Waals surface area contributed by atoms with E-state index in [1.54, 1.807) is 20.3 Å². The smallest absolute Gasteiger partial charge is 0.237 e. The Morgan fingerprint density at radius 3 is 2.63 bits per heavy atom. The fourth-order valence-electron chi connectivity index (χ4n) is 3.64. The van der Waals surface area contributed by atoms with Crippen LogP contribution in [-0.4, -0.2) is 50.1 Å². The van der Waals surface area contributed by atoms with Crippen molar-refractivity contribution in [2.75, 3.05) is 27.3 Å². The number of aryl methyl sites for hydroxylation is 1. The Bertz CT molecular complexity index is 883. The quantitative estimate of drug-likeness (QED) is 0.695. The Morgan fingerprint density at radius 2 is 1.93 bits per heavy atom. The largest absolute Gasteiger partial charge is 0.493 e. The van der Waals surface area contributed by atoms with Crippen LogP contribution in [0.15, 0.2) is 42.5 Å². The van der Waals surface area contributed by atoms with Gasteiger partial charge in [-0.1, -0.05) is 42.0 Å². The summed E-state index contributed by atoms with van der Waals surface area (Å²) in [5.74, 6) is 0.912. The number of para-hydroxylation sites is 1. The molecule has 2 amide bonds. The normalized spacial score (nSPS) is 16.6. The Balaban J connectivity index is 1.63. The molecular formula is C23H29N3O4. The number of hydrogen-bond donors (Lipinski definition) is 2. The number of ether oxygens (including phenoxy) is 2. The van der Waals surface area contributed by atoms with E-state index in [4.69, 9.17) is 9.47 Å². The van der Waals surface area contributed by atoms with Crippen molar-refractivity contribution < 1.29 is 19.1 Å². The molecule has 0 saturated carbocycles. The predicted molar refractivity (Wildman–Crippen MR) is 114 cm³/mol. The lowest BCUT2D eigenvalue weighted by Gasteiger charge is -2.34. The molecule has 2 N–H and O–H groups in total. The number of carbonyl (C=O) groups is 2.